The standard InChI is InChI=1S/C12H16N6O/c1-2-13-9-5-10(14-6-11-15-7-19-18-11)17-12(16-9)8-3-4-8/h5,7-8H,2-4,6H2,1H3,(H2,13,14,16,17). The summed E-state index contributed by atoms with van der Waals surface area (Å²) in [6.45, 7) is 3.37. The van der Waals surface area contributed by atoms with Crippen LogP contribution in [0.2, 0.25) is 0 Å². The molecule has 0 aliphatic heterocycles. The maximum Gasteiger partial charge on any atom is 0.213 e. The van der Waals surface area contributed by atoms with E-state index in [0.29, 0.717) is 18.3 Å². The summed E-state index contributed by atoms with van der Waals surface area (Å²) in [7, 11) is 0. The summed E-state index contributed by atoms with van der Waals surface area (Å²) >= 11 is 0. The van der Waals surface area contributed by atoms with Crippen LogP contribution < -0.4 is 10.6 Å². The molecule has 1 aliphatic carbocycles. The number of hydrogen-bond donors (Lipinski definition) is 2. The van der Waals surface area contributed by atoms with Gasteiger partial charge in [-0.3, -0.25) is 0 Å². The van der Waals surface area contributed by atoms with Crippen LogP contribution in [-0.2, 0) is 6.54 Å². The second-order valence-electron chi connectivity index (χ2n) is 4.50. The Bertz CT molecular complexity index is 537. The van der Waals surface area contributed by atoms with Crippen molar-refractivity contribution in [2.45, 2.75) is 32.2 Å². The Kier molecular flexibility index (Phi) is 3.26. The van der Waals surface area contributed by atoms with Crippen molar-refractivity contribution < 1.29 is 4.52 Å². The fraction of sp³-hybridized carbons (Fsp3) is 0.500. The molecular weight excluding hydrogens is 244 g/mol. The van der Waals surface area contributed by atoms with Gasteiger partial charge in [0, 0.05) is 18.5 Å². The van der Waals surface area contributed by atoms with Crippen LogP contribution in [0.25, 0.3) is 0 Å². The molecule has 0 aromatic carbocycles. The summed E-state index contributed by atoms with van der Waals surface area (Å²) in [6.07, 6.45) is 3.68. The number of hydrogen-bond acceptors (Lipinski definition) is 7. The predicted molar refractivity (Wildman–Crippen MR) is 69.8 cm³/mol. The van der Waals surface area contributed by atoms with Crippen LogP contribution in [0.15, 0.2) is 17.0 Å². The van der Waals surface area contributed by atoms with Gasteiger partial charge in [0.1, 0.15) is 17.5 Å². The van der Waals surface area contributed by atoms with E-state index in [2.05, 4.69) is 30.7 Å². The zero-order valence-electron chi connectivity index (χ0n) is 10.8. The van der Waals surface area contributed by atoms with E-state index in [4.69, 9.17) is 4.52 Å². The Hall–Kier alpha value is -2.18. The molecule has 2 N–H and O–H groups in total. The van der Waals surface area contributed by atoms with Crippen molar-refractivity contribution in [1.82, 2.24) is 20.1 Å². The second-order valence-corrected chi connectivity index (χ2v) is 4.50. The zero-order chi connectivity index (χ0) is 13.1. The van der Waals surface area contributed by atoms with Crippen molar-refractivity contribution in [2.24, 2.45) is 0 Å². The van der Waals surface area contributed by atoms with E-state index >= 15 is 0 Å². The molecule has 0 saturated heterocycles. The quantitative estimate of drug-likeness (QED) is 0.818. The van der Waals surface area contributed by atoms with Crippen LogP contribution in [0.1, 0.15) is 37.3 Å². The van der Waals surface area contributed by atoms with Crippen LogP contribution >= 0.6 is 0 Å². The van der Waals surface area contributed by atoms with Gasteiger partial charge in [-0.1, -0.05) is 5.16 Å². The summed E-state index contributed by atoms with van der Waals surface area (Å²) in [5.41, 5.74) is 0. The molecule has 7 nitrogen and oxygen atoms in total. The number of nitrogens with one attached hydrogen (secondary N) is 2. The molecule has 0 bridgehead atoms. The number of anilines is 2. The highest BCUT2D eigenvalue weighted by Gasteiger charge is 2.27. The van der Waals surface area contributed by atoms with Crippen molar-refractivity contribution in [1.29, 1.82) is 0 Å². The van der Waals surface area contributed by atoms with Gasteiger partial charge in [0.2, 0.25) is 6.39 Å². The zero-order valence-corrected chi connectivity index (χ0v) is 10.8. The Balaban J connectivity index is 1.74. The third kappa shape index (κ3) is 2.98. The maximum atomic E-state index is 4.69. The normalized spacial score (nSPS) is 14.4. The van der Waals surface area contributed by atoms with Crippen molar-refractivity contribution in [3.8, 4) is 0 Å². The van der Waals surface area contributed by atoms with E-state index < -0.39 is 0 Å². The van der Waals surface area contributed by atoms with E-state index in [-0.39, 0.29) is 0 Å². The summed E-state index contributed by atoms with van der Waals surface area (Å²) in [6, 6.07) is 1.90. The SMILES string of the molecule is CCNc1cc(NCc2ncon2)nc(C2CC2)n1. The average Bonchev–Trinajstić information content (AvgIpc) is 3.14. The Morgan fingerprint density at radius 3 is 2.68 bits per heavy atom. The first-order valence-electron chi connectivity index (χ1n) is 6.47. The maximum absolute atomic E-state index is 4.69. The van der Waals surface area contributed by atoms with Crippen LogP contribution in [0.4, 0.5) is 11.6 Å². The minimum atomic E-state index is 0.489. The lowest BCUT2D eigenvalue weighted by molar-refractivity contribution is 0.411. The van der Waals surface area contributed by atoms with Gasteiger partial charge in [-0.2, -0.15) is 4.98 Å². The Morgan fingerprint density at radius 2 is 2.05 bits per heavy atom. The first-order chi connectivity index (χ1) is 9.35. The molecule has 3 rings (SSSR count). The predicted octanol–water partition coefficient (Wildman–Crippen LogP) is 1.78. The van der Waals surface area contributed by atoms with Crippen LogP contribution in [0.3, 0.4) is 0 Å². The van der Waals surface area contributed by atoms with Gasteiger partial charge in [0.15, 0.2) is 5.82 Å². The Morgan fingerprint density at radius 1 is 1.26 bits per heavy atom. The van der Waals surface area contributed by atoms with Crippen molar-refractivity contribution in [2.75, 3.05) is 17.2 Å². The van der Waals surface area contributed by atoms with E-state index in [1.165, 1.54) is 19.2 Å². The van der Waals surface area contributed by atoms with E-state index in [0.717, 1.165) is 24.0 Å². The molecule has 0 unspecified atom stereocenters. The van der Waals surface area contributed by atoms with Gasteiger partial charge < -0.3 is 15.2 Å². The number of nitrogens with zero attached hydrogens (tertiary/aromatic N) is 4. The molecule has 19 heavy (non-hydrogen) atoms. The third-order valence-corrected chi connectivity index (χ3v) is 2.88. The minimum Gasteiger partial charge on any atom is -0.370 e. The minimum absolute atomic E-state index is 0.489. The molecule has 7 heteroatoms. The molecule has 1 saturated carbocycles. The van der Waals surface area contributed by atoms with Gasteiger partial charge in [0.05, 0.1) is 6.54 Å². The summed E-state index contributed by atoms with van der Waals surface area (Å²) in [4.78, 5) is 13.0. The fourth-order valence-electron chi connectivity index (χ4n) is 1.79. The molecule has 2 heterocycles. The summed E-state index contributed by atoms with van der Waals surface area (Å²) in [5, 5.41) is 10.2. The number of rotatable bonds is 6. The third-order valence-electron chi connectivity index (χ3n) is 2.88. The lowest BCUT2D eigenvalue weighted by atomic mass is 10.3. The largest absolute Gasteiger partial charge is 0.370 e. The average molecular weight is 260 g/mol. The molecule has 100 valence electrons. The lowest BCUT2D eigenvalue weighted by Gasteiger charge is -2.09. The first kappa shape index (κ1) is 11.9. The molecule has 0 spiro atoms. The van der Waals surface area contributed by atoms with Crippen molar-refractivity contribution in [3.05, 3.63) is 24.1 Å². The molecule has 2 aromatic heterocycles. The topological polar surface area (TPSA) is 88.8 Å². The first-order valence-corrected chi connectivity index (χ1v) is 6.47. The van der Waals surface area contributed by atoms with E-state index in [9.17, 15) is 0 Å². The van der Waals surface area contributed by atoms with Crippen molar-refractivity contribution >= 4 is 11.6 Å². The fourth-order valence-corrected chi connectivity index (χ4v) is 1.79. The molecule has 2 aromatic rings. The molecule has 1 fully saturated rings. The van der Waals surface area contributed by atoms with Crippen molar-refractivity contribution in [3.63, 3.8) is 0 Å². The van der Waals surface area contributed by atoms with Gasteiger partial charge in [-0.05, 0) is 19.8 Å². The van der Waals surface area contributed by atoms with E-state index in [1.807, 2.05) is 13.0 Å². The highest BCUT2D eigenvalue weighted by Crippen LogP contribution is 2.38. The summed E-state index contributed by atoms with van der Waals surface area (Å²) in [5.74, 6) is 3.68. The molecule has 0 radical (unpaired) electrons. The van der Waals surface area contributed by atoms with Crippen LogP contribution in [0, 0.1) is 0 Å². The molecular formula is C12H16N6O. The van der Waals surface area contributed by atoms with Crippen LogP contribution in [-0.4, -0.2) is 26.7 Å². The van der Waals surface area contributed by atoms with Gasteiger partial charge in [0.25, 0.3) is 0 Å². The molecule has 1 aliphatic rings. The smallest absolute Gasteiger partial charge is 0.213 e. The number of aromatic nitrogens is 4. The monoisotopic (exact) mass is 260 g/mol. The Labute approximate surface area is 110 Å². The second kappa shape index (κ2) is 5.21. The highest BCUT2D eigenvalue weighted by molar-refractivity contribution is 5.48. The van der Waals surface area contributed by atoms with Gasteiger partial charge >= 0.3 is 0 Å². The lowest BCUT2D eigenvalue weighted by Crippen LogP contribution is -2.08. The summed E-state index contributed by atoms with van der Waals surface area (Å²) < 4.78 is 4.69. The highest BCUT2D eigenvalue weighted by atomic mass is 16.5. The van der Waals surface area contributed by atoms with Crippen LogP contribution in [0.5, 0.6) is 0 Å². The van der Waals surface area contributed by atoms with Gasteiger partial charge in [-0.15, -0.1) is 0 Å². The van der Waals surface area contributed by atoms with E-state index in [1.54, 1.807) is 0 Å². The van der Waals surface area contributed by atoms with Gasteiger partial charge in [-0.25, -0.2) is 9.97 Å². The molecule has 0 amide bonds. The molecule has 0 atom stereocenters.